The lowest BCUT2D eigenvalue weighted by atomic mass is 9.76. The fraction of sp³-hybridized carbons (Fsp3) is 0.917. The van der Waals surface area contributed by atoms with Crippen molar-refractivity contribution in [2.24, 2.45) is 5.92 Å². The molecular formula is C12H21NO. The van der Waals surface area contributed by atoms with Crippen LogP contribution >= 0.6 is 0 Å². The minimum atomic E-state index is 0.358. The van der Waals surface area contributed by atoms with E-state index in [0.29, 0.717) is 23.8 Å². The molecule has 0 aromatic heterocycles. The van der Waals surface area contributed by atoms with Crippen LogP contribution in [0.1, 0.15) is 51.9 Å². The summed E-state index contributed by atoms with van der Waals surface area (Å²) in [6, 6.07) is 0.994. The van der Waals surface area contributed by atoms with Gasteiger partial charge < -0.3 is 5.32 Å². The molecule has 3 atom stereocenters. The second-order valence-electron chi connectivity index (χ2n) is 4.82. The van der Waals surface area contributed by atoms with Gasteiger partial charge in [0.2, 0.25) is 0 Å². The molecule has 2 rings (SSSR count). The number of piperidine rings is 1. The van der Waals surface area contributed by atoms with Gasteiger partial charge in [-0.05, 0) is 19.3 Å². The quantitative estimate of drug-likeness (QED) is 0.732. The van der Waals surface area contributed by atoms with E-state index < -0.39 is 0 Å². The summed E-state index contributed by atoms with van der Waals surface area (Å²) in [7, 11) is 0. The normalized spacial score (nSPS) is 38.1. The first-order valence-corrected chi connectivity index (χ1v) is 6.10. The minimum Gasteiger partial charge on any atom is -0.310 e. The fourth-order valence-corrected chi connectivity index (χ4v) is 3.01. The summed E-state index contributed by atoms with van der Waals surface area (Å²) in [6.07, 6.45) is 8.05. The van der Waals surface area contributed by atoms with Crippen molar-refractivity contribution in [3.63, 3.8) is 0 Å². The Morgan fingerprint density at radius 1 is 1.36 bits per heavy atom. The number of fused-ring (bicyclic) bond motifs is 1. The van der Waals surface area contributed by atoms with Gasteiger partial charge in [0.15, 0.2) is 0 Å². The van der Waals surface area contributed by atoms with E-state index in [9.17, 15) is 4.79 Å². The third kappa shape index (κ3) is 2.00. The first-order chi connectivity index (χ1) is 6.81. The van der Waals surface area contributed by atoms with Crippen LogP contribution in [-0.4, -0.2) is 17.9 Å². The molecule has 2 aliphatic rings. The molecule has 14 heavy (non-hydrogen) atoms. The largest absolute Gasteiger partial charge is 0.310 e. The number of Topliss-reactive ketones (excluding diaryl/α,β-unsaturated/α-hetero) is 1. The summed E-state index contributed by atoms with van der Waals surface area (Å²) >= 11 is 0. The van der Waals surface area contributed by atoms with Crippen LogP contribution in [-0.2, 0) is 4.79 Å². The van der Waals surface area contributed by atoms with Gasteiger partial charge in [-0.1, -0.05) is 26.2 Å². The topological polar surface area (TPSA) is 29.1 Å². The predicted octanol–water partition coefficient (Wildman–Crippen LogP) is 2.28. The van der Waals surface area contributed by atoms with Crippen molar-refractivity contribution in [2.45, 2.75) is 64.0 Å². The maximum atomic E-state index is 11.9. The van der Waals surface area contributed by atoms with Crippen LogP contribution in [0.15, 0.2) is 0 Å². The molecule has 0 amide bonds. The number of nitrogens with one attached hydrogen (secondary N) is 1. The molecule has 2 heteroatoms. The van der Waals surface area contributed by atoms with E-state index in [-0.39, 0.29) is 0 Å². The molecular weight excluding hydrogens is 174 g/mol. The van der Waals surface area contributed by atoms with Gasteiger partial charge >= 0.3 is 0 Å². The van der Waals surface area contributed by atoms with Crippen LogP contribution in [0.3, 0.4) is 0 Å². The lowest BCUT2D eigenvalue weighted by Gasteiger charge is -2.39. The highest BCUT2D eigenvalue weighted by molar-refractivity contribution is 5.83. The molecule has 0 aromatic carbocycles. The molecule has 0 spiro atoms. The SMILES string of the molecule is CCCC1CC(=O)C2CCCCC2N1. The lowest BCUT2D eigenvalue weighted by molar-refractivity contribution is -0.127. The zero-order valence-electron chi connectivity index (χ0n) is 9.09. The molecule has 80 valence electrons. The Morgan fingerprint density at radius 3 is 2.93 bits per heavy atom. The highest BCUT2D eigenvalue weighted by Gasteiger charge is 2.36. The highest BCUT2D eigenvalue weighted by Crippen LogP contribution is 2.30. The van der Waals surface area contributed by atoms with Crippen molar-refractivity contribution in [1.29, 1.82) is 0 Å². The number of hydrogen-bond acceptors (Lipinski definition) is 2. The monoisotopic (exact) mass is 195 g/mol. The molecule has 1 saturated heterocycles. The second-order valence-corrected chi connectivity index (χ2v) is 4.82. The van der Waals surface area contributed by atoms with Crippen molar-refractivity contribution < 1.29 is 4.79 Å². The zero-order valence-corrected chi connectivity index (χ0v) is 9.09. The minimum absolute atomic E-state index is 0.358. The molecule has 2 fully saturated rings. The highest BCUT2D eigenvalue weighted by atomic mass is 16.1. The standard InChI is InChI=1S/C12H21NO/c1-2-5-9-8-12(14)10-6-3-4-7-11(10)13-9/h9-11,13H,2-8H2,1H3. The number of ketones is 1. The van der Waals surface area contributed by atoms with Crippen molar-refractivity contribution >= 4 is 5.78 Å². The van der Waals surface area contributed by atoms with E-state index in [1.807, 2.05) is 0 Å². The van der Waals surface area contributed by atoms with Crippen molar-refractivity contribution in [3.05, 3.63) is 0 Å². The summed E-state index contributed by atoms with van der Waals surface area (Å²) in [6.45, 7) is 2.19. The summed E-state index contributed by atoms with van der Waals surface area (Å²) < 4.78 is 0. The van der Waals surface area contributed by atoms with Gasteiger partial charge in [-0.3, -0.25) is 4.79 Å². The molecule has 3 unspecified atom stereocenters. The van der Waals surface area contributed by atoms with E-state index >= 15 is 0 Å². The van der Waals surface area contributed by atoms with E-state index in [2.05, 4.69) is 12.2 Å². The Balaban J connectivity index is 1.97. The average Bonchev–Trinajstić information content (AvgIpc) is 2.18. The van der Waals surface area contributed by atoms with Gasteiger partial charge in [-0.15, -0.1) is 0 Å². The smallest absolute Gasteiger partial charge is 0.139 e. The summed E-state index contributed by atoms with van der Waals surface area (Å²) in [5, 5.41) is 3.67. The van der Waals surface area contributed by atoms with Gasteiger partial charge in [0, 0.05) is 24.4 Å². The first-order valence-electron chi connectivity index (χ1n) is 6.10. The molecule has 2 nitrogen and oxygen atoms in total. The maximum Gasteiger partial charge on any atom is 0.139 e. The number of hydrogen-bond donors (Lipinski definition) is 1. The summed E-state index contributed by atoms with van der Waals surface area (Å²) in [5.41, 5.74) is 0. The maximum absolute atomic E-state index is 11.9. The van der Waals surface area contributed by atoms with Gasteiger partial charge in [0.1, 0.15) is 5.78 Å². The lowest BCUT2D eigenvalue weighted by Crippen LogP contribution is -2.53. The van der Waals surface area contributed by atoms with Crippen LogP contribution in [0.25, 0.3) is 0 Å². The molecule has 0 bridgehead atoms. The average molecular weight is 195 g/mol. The molecule has 1 heterocycles. The predicted molar refractivity (Wildman–Crippen MR) is 57.2 cm³/mol. The van der Waals surface area contributed by atoms with Crippen molar-refractivity contribution in [2.75, 3.05) is 0 Å². The van der Waals surface area contributed by atoms with Gasteiger partial charge in [-0.25, -0.2) is 0 Å². The number of carbonyl (C=O) groups is 1. The Labute approximate surface area is 86.5 Å². The molecule has 1 saturated carbocycles. The summed E-state index contributed by atoms with van der Waals surface area (Å²) in [5.74, 6) is 0.892. The molecule has 0 radical (unpaired) electrons. The number of carbonyl (C=O) groups excluding carboxylic acids is 1. The van der Waals surface area contributed by atoms with E-state index in [0.717, 1.165) is 19.3 Å². The first kappa shape index (κ1) is 10.2. The van der Waals surface area contributed by atoms with E-state index in [1.165, 1.54) is 25.7 Å². The second kappa shape index (κ2) is 4.43. The fourth-order valence-electron chi connectivity index (χ4n) is 3.01. The number of rotatable bonds is 2. The van der Waals surface area contributed by atoms with Crippen molar-refractivity contribution in [1.82, 2.24) is 5.32 Å². The Kier molecular flexibility index (Phi) is 3.22. The van der Waals surface area contributed by atoms with Crippen LogP contribution in [0.4, 0.5) is 0 Å². The zero-order chi connectivity index (χ0) is 9.97. The summed E-state index contributed by atoms with van der Waals surface area (Å²) in [4.78, 5) is 11.9. The van der Waals surface area contributed by atoms with Gasteiger partial charge in [-0.2, -0.15) is 0 Å². The molecule has 1 N–H and O–H groups in total. The van der Waals surface area contributed by atoms with Crippen LogP contribution in [0, 0.1) is 5.92 Å². The van der Waals surface area contributed by atoms with Crippen LogP contribution in [0.2, 0.25) is 0 Å². The van der Waals surface area contributed by atoms with Crippen LogP contribution in [0.5, 0.6) is 0 Å². The Hall–Kier alpha value is -0.370. The molecule has 0 aromatic rings. The Morgan fingerprint density at radius 2 is 2.14 bits per heavy atom. The van der Waals surface area contributed by atoms with Crippen molar-refractivity contribution in [3.8, 4) is 0 Å². The molecule has 1 aliphatic carbocycles. The van der Waals surface area contributed by atoms with Gasteiger partial charge in [0.05, 0.1) is 0 Å². The third-order valence-corrected chi connectivity index (χ3v) is 3.71. The van der Waals surface area contributed by atoms with Gasteiger partial charge in [0.25, 0.3) is 0 Å². The van der Waals surface area contributed by atoms with E-state index in [4.69, 9.17) is 0 Å². The third-order valence-electron chi connectivity index (χ3n) is 3.71. The Bertz CT molecular complexity index is 214. The molecule has 1 aliphatic heterocycles. The van der Waals surface area contributed by atoms with Crippen LogP contribution < -0.4 is 5.32 Å². The van der Waals surface area contributed by atoms with E-state index in [1.54, 1.807) is 0 Å².